The predicted octanol–water partition coefficient (Wildman–Crippen LogP) is 3.14. The Balaban J connectivity index is 3.14. The van der Waals surface area contributed by atoms with E-state index in [1.807, 2.05) is 0 Å². The lowest BCUT2D eigenvalue weighted by Gasteiger charge is -2.08. The Labute approximate surface area is 78.3 Å². The van der Waals surface area contributed by atoms with Crippen LogP contribution in [0.5, 0.6) is 0 Å². The zero-order valence-corrected chi connectivity index (χ0v) is 7.21. The van der Waals surface area contributed by atoms with Gasteiger partial charge in [0.15, 0.2) is 0 Å². The molecule has 0 aliphatic carbocycles. The molecule has 0 aliphatic rings. The van der Waals surface area contributed by atoms with Crippen LogP contribution in [0.1, 0.15) is 11.1 Å². The first-order valence-corrected chi connectivity index (χ1v) is 3.83. The molecule has 0 atom stereocenters. The van der Waals surface area contributed by atoms with Gasteiger partial charge in [-0.15, -0.1) is 0 Å². The summed E-state index contributed by atoms with van der Waals surface area (Å²) in [6.07, 6.45) is -4.37. The highest BCUT2D eigenvalue weighted by molar-refractivity contribution is 6.31. The second-order valence-electron chi connectivity index (χ2n) is 2.48. The van der Waals surface area contributed by atoms with Gasteiger partial charge in [-0.1, -0.05) is 11.6 Å². The van der Waals surface area contributed by atoms with E-state index in [2.05, 4.69) is 0 Å². The molecule has 0 fully saturated rings. The Morgan fingerprint density at radius 1 is 1.31 bits per heavy atom. The summed E-state index contributed by atoms with van der Waals surface area (Å²) in [5, 5.41) is 0.197. The Kier molecular flexibility index (Phi) is 2.83. The van der Waals surface area contributed by atoms with Crippen molar-refractivity contribution >= 4 is 11.6 Å². The molecule has 0 aromatic heterocycles. The molecule has 1 aromatic carbocycles. The van der Waals surface area contributed by atoms with Crippen molar-refractivity contribution in [1.29, 1.82) is 0 Å². The van der Waals surface area contributed by atoms with Gasteiger partial charge >= 0.3 is 6.18 Å². The summed E-state index contributed by atoms with van der Waals surface area (Å²) in [7, 11) is 0. The van der Waals surface area contributed by atoms with Gasteiger partial charge in [0.25, 0.3) is 0 Å². The highest BCUT2D eigenvalue weighted by Gasteiger charge is 2.30. The summed E-state index contributed by atoms with van der Waals surface area (Å²) in [6.45, 7) is -0.247. The molecule has 71 valence electrons. The van der Waals surface area contributed by atoms with E-state index in [0.717, 1.165) is 18.2 Å². The highest BCUT2D eigenvalue weighted by atomic mass is 35.5. The molecule has 0 bridgehead atoms. The molecule has 5 heteroatoms. The summed E-state index contributed by atoms with van der Waals surface area (Å²) in [6, 6.07) is 2.96. The first-order valence-electron chi connectivity index (χ1n) is 3.45. The normalized spacial score (nSPS) is 11.8. The number of rotatable bonds is 1. The lowest BCUT2D eigenvalue weighted by Crippen LogP contribution is -2.05. The predicted molar refractivity (Wildman–Crippen MR) is 43.3 cm³/mol. The third-order valence-corrected chi connectivity index (χ3v) is 1.93. The molecule has 1 rings (SSSR count). The molecule has 0 heterocycles. The molecule has 0 unspecified atom stereocenters. The van der Waals surface area contributed by atoms with Gasteiger partial charge in [-0.05, 0) is 23.8 Å². The van der Waals surface area contributed by atoms with Crippen LogP contribution >= 0.6 is 11.6 Å². The van der Waals surface area contributed by atoms with E-state index in [1.165, 1.54) is 0 Å². The molecule has 0 saturated carbocycles. The monoisotopic (exact) mass is 208 g/mol. The fourth-order valence-electron chi connectivity index (χ4n) is 0.887. The maximum Gasteiger partial charge on any atom is 0.416 e. The number of hydrogen-bond donors (Lipinski definition) is 0. The molecule has 0 aliphatic heterocycles. The van der Waals surface area contributed by atoms with Gasteiger partial charge in [0, 0.05) is 11.6 Å². The number of halogens is 4. The van der Waals surface area contributed by atoms with Crippen molar-refractivity contribution < 1.29 is 13.2 Å². The smallest absolute Gasteiger partial charge is 0.253 e. The lowest BCUT2D eigenvalue weighted by molar-refractivity contribution is -0.137. The largest absolute Gasteiger partial charge is 0.416 e. The fourth-order valence-corrected chi connectivity index (χ4v) is 1.07. The third-order valence-electron chi connectivity index (χ3n) is 1.56. The van der Waals surface area contributed by atoms with Gasteiger partial charge in [0.2, 0.25) is 0 Å². The van der Waals surface area contributed by atoms with Crippen molar-refractivity contribution in [3.63, 3.8) is 0 Å². The number of nitrogens with one attached hydrogen (secondary N) is 1. The van der Waals surface area contributed by atoms with Crippen LogP contribution in [0.3, 0.4) is 0 Å². The minimum atomic E-state index is -4.37. The van der Waals surface area contributed by atoms with Crippen molar-refractivity contribution in [3.8, 4) is 0 Å². The Morgan fingerprint density at radius 3 is 2.38 bits per heavy atom. The summed E-state index contributed by atoms with van der Waals surface area (Å²) in [5.41, 5.74) is 6.36. The first-order chi connectivity index (χ1) is 5.95. The molecular formula is C8H6ClF3N. The van der Waals surface area contributed by atoms with E-state index in [9.17, 15) is 13.2 Å². The Bertz CT molecular complexity index is 309. The van der Waals surface area contributed by atoms with Gasteiger partial charge in [0.1, 0.15) is 0 Å². The van der Waals surface area contributed by atoms with Crippen LogP contribution in [-0.4, -0.2) is 0 Å². The van der Waals surface area contributed by atoms with Crippen LogP contribution in [0, 0.1) is 0 Å². The highest BCUT2D eigenvalue weighted by Crippen LogP contribution is 2.31. The summed E-state index contributed by atoms with van der Waals surface area (Å²) < 4.78 is 36.4. The van der Waals surface area contributed by atoms with Crippen LogP contribution < -0.4 is 5.73 Å². The lowest BCUT2D eigenvalue weighted by atomic mass is 10.1. The molecule has 1 aromatic rings. The fraction of sp³-hybridized carbons (Fsp3) is 0.250. The minimum Gasteiger partial charge on any atom is -0.253 e. The Hall–Kier alpha value is -0.740. The zero-order valence-electron chi connectivity index (χ0n) is 6.45. The van der Waals surface area contributed by atoms with Gasteiger partial charge in [-0.3, -0.25) is 5.73 Å². The van der Waals surface area contributed by atoms with E-state index >= 15 is 0 Å². The van der Waals surface area contributed by atoms with Gasteiger partial charge in [0.05, 0.1) is 5.56 Å². The summed E-state index contributed by atoms with van der Waals surface area (Å²) in [5.74, 6) is 0. The standard InChI is InChI=1S/C8H6ClF3N/c9-7-2-1-6(8(10,11)12)3-5(7)4-13/h1-3,13H,4H2. The Morgan fingerprint density at radius 2 is 1.92 bits per heavy atom. The molecule has 1 N–H and O–H groups in total. The molecule has 0 spiro atoms. The summed E-state index contributed by atoms with van der Waals surface area (Å²) in [4.78, 5) is 0. The second kappa shape index (κ2) is 3.55. The maximum atomic E-state index is 12.1. The van der Waals surface area contributed by atoms with Crippen molar-refractivity contribution in [2.45, 2.75) is 12.7 Å². The minimum absolute atomic E-state index is 0.191. The third kappa shape index (κ3) is 2.35. The number of benzene rings is 1. The molecule has 1 radical (unpaired) electrons. The first kappa shape index (κ1) is 10.3. The van der Waals surface area contributed by atoms with Gasteiger partial charge in [-0.25, -0.2) is 0 Å². The number of hydrogen-bond acceptors (Lipinski definition) is 0. The number of alkyl halides is 3. The quantitative estimate of drug-likeness (QED) is 0.677. The van der Waals surface area contributed by atoms with Crippen molar-refractivity contribution in [2.75, 3.05) is 0 Å². The van der Waals surface area contributed by atoms with Gasteiger partial charge < -0.3 is 0 Å². The zero-order chi connectivity index (χ0) is 10.1. The molecular weight excluding hydrogens is 203 g/mol. The topological polar surface area (TPSA) is 23.8 Å². The van der Waals surface area contributed by atoms with Crippen LogP contribution in [0.2, 0.25) is 5.02 Å². The molecule has 1 nitrogen and oxygen atoms in total. The molecule has 13 heavy (non-hydrogen) atoms. The second-order valence-corrected chi connectivity index (χ2v) is 2.89. The van der Waals surface area contributed by atoms with E-state index in [0.29, 0.717) is 0 Å². The van der Waals surface area contributed by atoms with Gasteiger partial charge in [-0.2, -0.15) is 13.2 Å². The van der Waals surface area contributed by atoms with Crippen LogP contribution in [0.25, 0.3) is 0 Å². The van der Waals surface area contributed by atoms with Crippen molar-refractivity contribution in [2.24, 2.45) is 0 Å². The van der Waals surface area contributed by atoms with E-state index in [-0.39, 0.29) is 17.1 Å². The average Bonchev–Trinajstić information content (AvgIpc) is 2.03. The maximum absolute atomic E-state index is 12.1. The summed E-state index contributed by atoms with van der Waals surface area (Å²) >= 11 is 5.56. The molecule has 0 saturated heterocycles. The van der Waals surface area contributed by atoms with Crippen molar-refractivity contribution in [1.82, 2.24) is 5.73 Å². The van der Waals surface area contributed by atoms with Crippen LogP contribution in [0.4, 0.5) is 13.2 Å². The average molecular weight is 209 g/mol. The van der Waals surface area contributed by atoms with Crippen LogP contribution in [-0.2, 0) is 12.7 Å². The van der Waals surface area contributed by atoms with E-state index in [1.54, 1.807) is 0 Å². The van der Waals surface area contributed by atoms with E-state index < -0.39 is 11.7 Å². The molecule has 0 amide bonds. The van der Waals surface area contributed by atoms with E-state index in [4.69, 9.17) is 17.3 Å². The SMILES string of the molecule is [NH]Cc1cc(C(F)(F)F)ccc1Cl. The van der Waals surface area contributed by atoms with Crippen molar-refractivity contribution in [3.05, 3.63) is 34.3 Å². The van der Waals surface area contributed by atoms with Crippen LogP contribution in [0.15, 0.2) is 18.2 Å².